The normalized spacial score (nSPS) is 15.8. The maximum atomic E-state index is 12.3. The standard InChI is InChI=1S/C20H23Cl2N3O/c1-15-5-6-18(22)12-19(15)23-20(26)14-25-9-7-24(8-10-25)13-16-3-2-4-17(21)11-16/h2-6,11-12H,7-10,13-14H2,1H3,(H,23,26). The number of rotatable bonds is 5. The highest BCUT2D eigenvalue weighted by atomic mass is 35.5. The van der Waals surface area contributed by atoms with E-state index in [1.165, 1.54) is 5.56 Å². The quantitative estimate of drug-likeness (QED) is 0.834. The van der Waals surface area contributed by atoms with E-state index in [9.17, 15) is 4.79 Å². The maximum Gasteiger partial charge on any atom is 0.238 e. The number of halogens is 2. The van der Waals surface area contributed by atoms with E-state index in [4.69, 9.17) is 23.2 Å². The highest BCUT2D eigenvalue weighted by Gasteiger charge is 2.19. The van der Waals surface area contributed by atoms with Gasteiger partial charge in [0.2, 0.25) is 5.91 Å². The highest BCUT2D eigenvalue weighted by molar-refractivity contribution is 6.31. The van der Waals surface area contributed by atoms with Crippen LogP contribution in [-0.4, -0.2) is 48.4 Å². The Labute approximate surface area is 164 Å². The monoisotopic (exact) mass is 391 g/mol. The van der Waals surface area contributed by atoms with Gasteiger partial charge in [-0.25, -0.2) is 0 Å². The average molecular weight is 392 g/mol. The molecule has 6 heteroatoms. The number of benzene rings is 2. The van der Waals surface area contributed by atoms with Crippen LogP contribution in [0.4, 0.5) is 5.69 Å². The van der Waals surface area contributed by atoms with Crippen LogP contribution >= 0.6 is 23.2 Å². The predicted molar refractivity (Wildman–Crippen MR) is 108 cm³/mol. The second-order valence-electron chi connectivity index (χ2n) is 6.69. The van der Waals surface area contributed by atoms with Crippen LogP contribution in [-0.2, 0) is 11.3 Å². The van der Waals surface area contributed by atoms with Crippen molar-refractivity contribution in [3.8, 4) is 0 Å². The van der Waals surface area contributed by atoms with Crippen LogP contribution in [0.25, 0.3) is 0 Å². The van der Waals surface area contributed by atoms with Gasteiger partial charge in [-0.1, -0.05) is 41.4 Å². The lowest BCUT2D eigenvalue weighted by Crippen LogP contribution is -2.48. The van der Waals surface area contributed by atoms with Gasteiger partial charge in [0, 0.05) is 48.5 Å². The minimum absolute atomic E-state index is 0.00124. The largest absolute Gasteiger partial charge is 0.325 e. The topological polar surface area (TPSA) is 35.6 Å². The zero-order valence-corrected chi connectivity index (χ0v) is 16.4. The van der Waals surface area contributed by atoms with Crippen LogP contribution in [0, 0.1) is 6.92 Å². The molecule has 0 bridgehead atoms. The number of carbonyl (C=O) groups is 1. The van der Waals surface area contributed by atoms with Crippen LogP contribution < -0.4 is 5.32 Å². The fourth-order valence-corrected chi connectivity index (χ4v) is 3.51. The van der Waals surface area contributed by atoms with Crippen molar-refractivity contribution < 1.29 is 4.79 Å². The number of hydrogen-bond acceptors (Lipinski definition) is 3. The van der Waals surface area contributed by atoms with E-state index in [0.29, 0.717) is 11.6 Å². The molecule has 26 heavy (non-hydrogen) atoms. The number of aryl methyl sites for hydroxylation is 1. The Morgan fingerprint density at radius 1 is 1.00 bits per heavy atom. The number of hydrogen-bond donors (Lipinski definition) is 1. The van der Waals surface area contributed by atoms with Crippen LogP contribution in [0.1, 0.15) is 11.1 Å². The summed E-state index contributed by atoms with van der Waals surface area (Å²) in [5.41, 5.74) is 3.01. The Kier molecular flexibility index (Phi) is 6.54. The van der Waals surface area contributed by atoms with Crippen LogP contribution in [0.15, 0.2) is 42.5 Å². The molecular weight excluding hydrogens is 369 g/mol. The van der Waals surface area contributed by atoms with Crippen LogP contribution in [0.3, 0.4) is 0 Å². The van der Waals surface area contributed by atoms with E-state index in [1.807, 2.05) is 37.3 Å². The third kappa shape index (κ3) is 5.45. The molecule has 0 saturated carbocycles. The molecule has 1 N–H and O–H groups in total. The van der Waals surface area contributed by atoms with Gasteiger partial charge < -0.3 is 5.32 Å². The Balaban J connectivity index is 1.46. The Hall–Kier alpha value is -1.59. The van der Waals surface area contributed by atoms with Crippen molar-refractivity contribution in [1.82, 2.24) is 9.80 Å². The molecule has 3 rings (SSSR count). The third-order valence-electron chi connectivity index (χ3n) is 4.60. The predicted octanol–water partition coefficient (Wildman–Crippen LogP) is 4.06. The first kappa shape index (κ1) is 19.2. The van der Waals surface area contributed by atoms with E-state index < -0.39 is 0 Å². The van der Waals surface area contributed by atoms with Crippen molar-refractivity contribution >= 4 is 34.8 Å². The van der Waals surface area contributed by atoms with Gasteiger partial charge in [-0.2, -0.15) is 0 Å². The van der Waals surface area contributed by atoms with E-state index >= 15 is 0 Å². The zero-order chi connectivity index (χ0) is 18.5. The molecule has 2 aromatic rings. The van der Waals surface area contributed by atoms with E-state index in [0.717, 1.165) is 49.0 Å². The summed E-state index contributed by atoms with van der Waals surface area (Å²) in [6, 6.07) is 13.5. The lowest BCUT2D eigenvalue weighted by Gasteiger charge is -2.34. The highest BCUT2D eigenvalue weighted by Crippen LogP contribution is 2.20. The van der Waals surface area contributed by atoms with Gasteiger partial charge in [0.1, 0.15) is 0 Å². The smallest absolute Gasteiger partial charge is 0.238 e. The molecule has 0 aliphatic carbocycles. The molecule has 1 aliphatic heterocycles. The van der Waals surface area contributed by atoms with E-state index in [1.54, 1.807) is 6.07 Å². The second-order valence-corrected chi connectivity index (χ2v) is 7.56. The summed E-state index contributed by atoms with van der Waals surface area (Å²) >= 11 is 12.1. The first-order chi connectivity index (χ1) is 12.5. The van der Waals surface area contributed by atoms with Crippen molar-refractivity contribution in [2.45, 2.75) is 13.5 Å². The fourth-order valence-electron chi connectivity index (χ4n) is 3.12. The minimum Gasteiger partial charge on any atom is -0.325 e. The molecule has 2 aromatic carbocycles. The van der Waals surface area contributed by atoms with Crippen LogP contribution in [0.5, 0.6) is 0 Å². The summed E-state index contributed by atoms with van der Waals surface area (Å²) in [6.45, 7) is 6.89. The van der Waals surface area contributed by atoms with Crippen LogP contribution in [0.2, 0.25) is 10.0 Å². The average Bonchev–Trinajstić information content (AvgIpc) is 2.60. The molecule has 1 amide bonds. The van der Waals surface area contributed by atoms with E-state index in [-0.39, 0.29) is 5.91 Å². The number of piperazine rings is 1. The van der Waals surface area contributed by atoms with Gasteiger partial charge in [0.15, 0.2) is 0 Å². The van der Waals surface area contributed by atoms with Gasteiger partial charge in [-0.3, -0.25) is 14.6 Å². The fraction of sp³-hybridized carbons (Fsp3) is 0.350. The van der Waals surface area contributed by atoms with E-state index in [2.05, 4.69) is 21.2 Å². The molecule has 0 radical (unpaired) electrons. The summed E-state index contributed by atoms with van der Waals surface area (Å²) in [5, 5.41) is 4.36. The number of nitrogens with zero attached hydrogens (tertiary/aromatic N) is 2. The van der Waals surface area contributed by atoms with Gasteiger partial charge in [-0.05, 0) is 42.3 Å². The van der Waals surface area contributed by atoms with Crippen molar-refractivity contribution in [1.29, 1.82) is 0 Å². The first-order valence-electron chi connectivity index (χ1n) is 8.75. The number of anilines is 1. The van der Waals surface area contributed by atoms with Gasteiger partial charge >= 0.3 is 0 Å². The summed E-state index contributed by atoms with van der Waals surface area (Å²) in [5.74, 6) is -0.00124. The molecule has 0 unspecified atom stereocenters. The summed E-state index contributed by atoms with van der Waals surface area (Å²) < 4.78 is 0. The molecule has 1 fully saturated rings. The molecule has 0 atom stereocenters. The Morgan fingerprint density at radius 2 is 1.69 bits per heavy atom. The molecule has 0 spiro atoms. The summed E-state index contributed by atoms with van der Waals surface area (Å²) in [7, 11) is 0. The number of amides is 1. The Bertz CT molecular complexity index is 773. The molecule has 138 valence electrons. The zero-order valence-electron chi connectivity index (χ0n) is 14.8. The number of nitrogens with one attached hydrogen (secondary N) is 1. The minimum atomic E-state index is -0.00124. The SMILES string of the molecule is Cc1ccc(Cl)cc1NC(=O)CN1CCN(Cc2cccc(Cl)c2)CC1. The van der Waals surface area contributed by atoms with Crippen molar-refractivity contribution in [2.75, 3.05) is 38.0 Å². The van der Waals surface area contributed by atoms with Crippen molar-refractivity contribution in [3.63, 3.8) is 0 Å². The third-order valence-corrected chi connectivity index (χ3v) is 5.07. The molecule has 1 aliphatic rings. The maximum absolute atomic E-state index is 12.3. The summed E-state index contributed by atoms with van der Waals surface area (Å²) in [6.07, 6.45) is 0. The molecule has 1 heterocycles. The molecular formula is C20H23Cl2N3O. The van der Waals surface area contributed by atoms with Crippen molar-refractivity contribution in [3.05, 3.63) is 63.6 Å². The van der Waals surface area contributed by atoms with Gasteiger partial charge in [-0.15, -0.1) is 0 Å². The number of carbonyl (C=O) groups excluding carboxylic acids is 1. The second kappa shape index (κ2) is 8.87. The first-order valence-corrected chi connectivity index (χ1v) is 9.50. The van der Waals surface area contributed by atoms with Crippen molar-refractivity contribution in [2.24, 2.45) is 0 Å². The molecule has 1 saturated heterocycles. The van der Waals surface area contributed by atoms with Gasteiger partial charge in [0.25, 0.3) is 0 Å². The summed E-state index contributed by atoms with van der Waals surface area (Å²) in [4.78, 5) is 16.9. The lowest BCUT2D eigenvalue weighted by atomic mass is 10.2. The lowest BCUT2D eigenvalue weighted by molar-refractivity contribution is -0.117. The van der Waals surface area contributed by atoms with Gasteiger partial charge in [0.05, 0.1) is 6.54 Å². The Morgan fingerprint density at radius 3 is 2.42 bits per heavy atom. The molecule has 0 aromatic heterocycles. The molecule has 4 nitrogen and oxygen atoms in total.